The molecular weight excluding hydrogens is 254 g/mol. The highest BCUT2D eigenvalue weighted by Gasteiger charge is 2.09. The van der Waals surface area contributed by atoms with Crippen molar-refractivity contribution in [2.24, 2.45) is 0 Å². The molecule has 104 valence electrons. The topological polar surface area (TPSA) is 77.2 Å². The van der Waals surface area contributed by atoms with E-state index in [0.29, 0.717) is 11.7 Å². The van der Waals surface area contributed by atoms with Gasteiger partial charge in [-0.2, -0.15) is 4.98 Å². The molecule has 1 atom stereocenters. The fourth-order valence-electron chi connectivity index (χ4n) is 2.10. The van der Waals surface area contributed by atoms with Crippen molar-refractivity contribution in [2.45, 2.75) is 25.8 Å². The zero-order valence-corrected chi connectivity index (χ0v) is 11.3. The van der Waals surface area contributed by atoms with Crippen LogP contribution in [-0.2, 0) is 6.42 Å². The van der Waals surface area contributed by atoms with Crippen LogP contribution in [0.1, 0.15) is 19.1 Å². The smallest absolute Gasteiger partial charge is 0.295 e. The molecule has 0 radical (unpaired) electrons. The lowest BCUT2D eigenvalue weighted by Crippen LogP contribution is -2.16. The number of oxazole rings is 1. The van der Waals surface area contributed by atoms with Crippen LogP contribution in [0, 0.1) is 0 Å². The summed E-state index contributed by atoms with van der Waals surface area (Å²) in [6, 6.07) is 10.1. The summed E-state index contributed by atoms with van der Waals surface area (Å²) in [6.07, 6.45) is 3.52. The molecule has 5 heteroatoms. The maximum atomic E-state index is 5.72. The van der Waals surface area contributed by atoms with Gasteiger partial charge in [0.1, 0.15) is 11.3 Å². The van der Waals surface area contributed by atoms with Gasteiger partial charge in [-0.15, -0.1) is 0 Å². The van der Waals surface area contributed by atoms with Gasteiger partial charge in [-0.05, 0) is 43.7 Å². The van der Waals surface area contributed by atoms with Gasteiger partial charge >= 0.3 is 0 Å². The number of fused-ring (bicyclic) bond motifs is 1. The first-order valence-corrected chi connectivity index (χ1v) is 6.66. The number of aromatic nitrogens is 1. The summed E-state index contributed by atoms with van der Waals surface area (Å²) >= 11 is 0. The van der Waals surface area contributed by atoms with Gasteiger partial charge in [0.25, 0.3) is 6.01 Å². The molecule has 1 aromatic carbocycles. The zero-order chi connectivity index (χ0) is 13.9. The number of furan rings is 1. The average molecular weight is 271 g/mol. The van der Waals surface area contributed by atoms with Crippen LogP contribution >= 0.6 is 0 Å². The molecule has 0 saturated carbocycles. The Bertz CT molecular complexity index is 688. The minimum absolute atomic E-state index is 0.241. The van der Waals surface area contributed by atoms with E-state index in [-0.39, 0.29) is 6.04 Å². The van der Waals surface area contributed by atoms with Crippen LogP contribution in [0.2, 0.25) is 0 Å². The number of benzene rings is 1. The third-order valence-corrected chi connectivity index (χ3v) is 3.19. The Kier molecular flexibility index (Phi) is 3.33. The Hall–Kier alpha value is -2.43. The van der Waals surface area contributed by atoms with Crippen molar-refractivity contribution in [3.05, 3.63) is 42.4 Å². The molecule has 20 heavy (non-hydrogen) atoms. The molecule has 0 aliphatic rings. The highest BCUT2D eigenvalue weighted by Crippen LogP contribution is 2.21. The largest absolute Gasteiger partial charge is 0.469 e. The maximum absolute atomic E-state index is 5.72. The predicted octanol–water partition coefficient (Wildman–Crippen LogP) is 3.44. The SMILES string of the molecule is CC(CCc1ccco1)Nc1nc2cc(N)ccc2o1. The van der Waals surface area contributed by atoms with Crippen molar-refractivity contribution in [3.8, 4) is 0 Å². The van der Waals surface area contributed by atoms with E-state index in [4.69, 9.17) is 14.6 Å². The lowest BCUT2D eigenvalue weighted by atomic mass is 10.1. The van der Waals surface area contributed by atoms with Gasteiger partial charge in [0.05, 0.1) is 6.26 Å². The zero-order valence-electron chi connectivity index (χ0n) is 11.3. The average Bonchev–Trinajstić information content (AvgIpc) is 3.04. The normalized spacial score (nSPS) is 12.7. The van der Waals surface area contributed by atoms with Crippen molar-refractivity contribution in [2.75, 3.05) is 11.1 Å². The summed E-state index contributed by atoms with van der Waals surface area (Å²) in [4.78, 5) is 4.38. The van der Waals surface area contributed by atoms with Gasteiger partial charge < -0.3 is 19.9 Å². The van der Waals surface area contributed by atoms with E-state index in [1.54, 1.807) is 18.4 Å². The second kappa shape index (κ2) is 5.28. The standard InChI is InChI=1S/C15H17N3O2/c1-10(4-6-12-3-2-8-19-12)17-15-18-13-9-11(16)5-7-14(13)20-15/h2-3,5,7-10H,4,6,16H2,1H3,(H,17,18). The van der Waals surface area contributed by atoms with Crippen LogP contribution in [0.25, 0.3) is 11.1 Å². The molecule has 0 saturated heterocycles. The van der Waals surface area contributed by atoms with Crippen LogP contribution in [0.4, 0.5) is 11.7 Å². The van der Waals surface area contributed by atoms with E-state index >= 15 is 0 Å². The quantitative estimate of drug-likeness (QED) is 0.695. The fraction of sp³-hybridized carbons (Fsp3) is 0.267. The van der Waals surface area contributed by atoms with Gasteiger partial charge in [0.2, 0.25) is 0 Å². The first-order valence-electron chi connectivity index (χ1n) is 6.66. The van der Waals surface area contributed by atoms with Crippen LogP contribution in [-0.4, -0.2) is 11.0 Å². The van der Waals surface area contributed by atoms with Crippen LogP contribution in [0.3, 0.4) is 0 Å². The Morgan fingerprint density at radius 2 is 2.25 bits per heavy atom. The second-order valence-electron chi connectivity index (χ2n) is 4.91. The maximum Gasteiger partial charge on any atom is 0.295 e. The Morgan fingerprint density at radius 1 is 1.35 bits per heavy atom. The molecule has 0 spiro atoms. The van der Waals surface area contributed by atoms with E-state index in [2.05, 4.69) is 17.2 Å². The Balaban J connectivity index is 1.63. The van der Waals surface area contributed by atoms with Gasteiger partial charge in [-0.25, -0.2) is 0 Å². The molecule has 0 amide bonds. The number of nitrogens with zero attached hydrogens (tertiary/aromatic N) is 1. The van der Waals surface area contributed by atoms with Gasteiger partial charge in [0.15, 0.2) is 5.58 Å². The summed E-state index contributed by atoms with van der Waals surface area (Å²) in [6.45, 7) is 2.09. The van der Waals surface area contributed by atoms with Gasteiger partial charge in [-0.3, -0.25) is 0 Å². The van der Waals surface area contributed by atoms with Crippen LogP contribution in [0.5, 0.6) is 0 Å². The van der Waals surface area contributed by atoms with Crippen molar-refractivity contribution < 1.29 is 8.83 Å². The van der Waals surface area contributed by atoms with Crippen molar-refractivity contribution in [3.63, 3.8) is 0 Å². The van der Waals surface area contributed by atoms with Crippen molar-refractivity contribution in [1.29, 1.82) is 0 Å². The molecule has 3 aromatic rings. The number of aryl methyl sites for hydroxylation is 1. The van der Waals surface area contributed by atoms with E-state index in [1.807, 2.05) is 18.2 Å². The lowest BCUT2D eigenvalue weighted by molar-refractivity contribution is 0.492. The number of rotatable bonds is 5. The molecule has 0 bridgehead atoms. The lowest BCUT2D eigenvalue weighted by Gasteiger charge is -2.10. The summed E-state index contributed by atoms with van der Waals surface area (Å²) in [5, 5.41) is 3.25. The van der Waals surface area contributed by atoms with Crippen molar-refractivity contribution >= 4 is 22.8 Å². The number of anilines is 2. The van der Waals surface area contributed by atoms with E-state index in [0.717, 1.165) is 29.7 Å². The minimum Gasteiger partial charge on any atom is -0.469 e. The molecular formula is C15H17N3O2. The second-order valence-corrected chi connectivity index (χ2v) is 4.91. The van der Waals surface area contributed by atoms with Gasteiger partial charge in [-0.1, -0.05) is 0 Å². The van der Waals surface area contributed by atoms with E-state index < -0.39 is 0 Å². The highest BCUT2D eigenvalue weighted by molar-refractivity contribution is 5.78. The molecule has 5 nitrogen and oxygen atoms in total. The molecule has 0 aliphatic heterocycles. The summed E-state index contributed by atoms with van der Waals surface area (Å²) in [5.74, 6) is 0.990. The summed E-state index contributed by atoms with van der Waals surface area (Å²) in [5.41, 5.74) is 7.91. The fourth-order valence-corrected chi connectivity index (χ4v) is 2.10. The summed E-state index contributed by atoms with van der Waals surface area (Å²) < 4.78 is 10.9. The molecule has 2 heterocycles. The molecule has 3 N–H and O–H groups in total. The number of nitrogen functional groups attached to an aromatic ring is 1. The number of nitrogens with two attached hydrogens (primary N) is 1. The molecule has 0 aliphatic carbocycles. The van der Waals surface area contributed by atoms with Gasteiger partial charge in [0, 0.05) is 18.2 Å². The van der Waals surface area contributed by atoms with Crippen molar-refractivity contribution in [1.82, 2.24) is 4.98 Å². The molecule has 1 unspecified atom stereocenters. The monoisotopic (exact) mass is 271 g/mol. The Morgan fingerprint density at radius 3 is 3.05 bits per heavy atom. The number of hydrogen-bond acceptors (Lipinski definition) is 5. The molecule has 2 aromatic heterocycles. The third kappa shape index (κ3) is 2.77. The predicted molar refractivity (Wildman–Crippen MR) is 78.5 cm³/mol. The molecule has 3 rings (SSSR count). The van der Waals surface area contributed by atoms with Crippen LogP contribution in [0.15, 0.2) is 45.4 Å². The number of nitrogens with one attached hydrogen (secondary N) is 1. The first kappa shape index (κ1) is 12.6. The van der Waals surface area contributed by atoms with Crippen LogP contribution < -0.4 is 11.1 Å². The number of hydrogen-bond donors (Lipinski definition) is 2. The Labute approximate surface area is 116 Å². The minimum atomic E-state index is 0.241. The van der Waals surface area contributed by atoms with E-state index in [1.165, 1.54) is 0 Å². The van der Waals surface area contributed by atoms with E-state index in [9.17, 15) is 0 Å². The molecule has 0 fully saturated rings. The first-order chi connectivity index (χ1) is 9.70. The summed E-state index contributed by atoms with van der Waals surface area (Å²) in [7, 11) is 0. The third-order valence-electron chi connectivity index (χ3n) is 3.19. The highest BCUT2D eigenvalue weighted by atomic mass is 16.4.